The Hall–Kier alpha value is -1.58. The molecule has 0 spiro atoms. The van der Waals surface area contributed by atoms with Gasteiger partial charge in [-0.15, -0.1) is 0 Å². The topological polar surface area (TPSA) is 90.5 Å². The van der Waals surface area contributed by atoms with E-state index in [0.29, 0.717) is 19.2 Å². The maximum atomic E-state index is 13.6. The maximum Gasteiger partial charge on any atom is 0.246 e. The van der Waals surface area contributed by atoms with Gasteiger partial charge in [-0.25, -0.2) is 17.2 Å². The minimum atomic E-state index is -3.98. The highest BCUT2D eigenvalue weighted by atomic mass is 32.2. The van der Waals surface area contributed by atoms with Crippen molar-refractivity contribution in [1.82, 2.24) is 9.21 Å². The van der Waals surface area contributed by atoms with E-state index in [0.717, 1.165) is 16.4 Å². The average Bonchev–Trinajstić information content (AvgIpc) is 2.38. The van der Waals surface area contributed by atoms with E-state index < -0.39 is 26.6 Å². The molecule has 21 heavy (non-hydrogen) atoms. The molecule has 9 heteroatoms. The summed E-state index contributed by atoms with van der Waals surface area (Å²) in [5, 5.41) is 7.21. The summed E-state index contributed by atoms with van der Waals surface area (Å²) in [6.45, 7) is 1.43. The summed E-state index contributed by atoms with van der Waals surface area (Å²) in [5.41, 5.74) is 5.29. The summed E-state index contributed by atoms with van der Waals surface area (Å²) in [7, 11) is -3.98. The van der Waals surface area contributed by atoms with Crippen LogP contribution in [0, 0.1) is 17.0 Å². The van der Waals surface area contributed by atoms with Crippen LogP contribution < -0.4 is 5.73 Å². The Labute approximate surface area is 121 Å². The van der Waals surface area contributed by atoms with Crippen molar-refractivity contribution >= 4 is 15.9 Å². The normalized spacial score (nSPS) is 17.8. The van der Waals surface area contributed by atoms with Crippen molar-refractivity contribution in [3.05, 3.63) is 29.8 Å². The number of benzene rings is 1. The lowest BCUT2D eigenvalue weighted by Crippen LogP contribution is -2.50. The molecule has 0 unspecified atom stereocenters. The second-order valence-corrected chi connectivity index (χ2v) is 6.69. The van der Waals surface area contributed by atoms with Crippen LogP contribution >= 0.6 is 0 Å². The minimum Gasteiger partial charge on any atom is -0.387 e. The molecule has 1 fully saturated rings. The number of hydrogen-bond donors (Lipinski definition) is 2. The van der Waals surface area contributed by atoms with Gasteiger partial charge in [-0.3, -0.25) is 10.3 Å². The molecule has 1 aliphatic rings. The molecule has 0 saturated carbocycles. The molecule has 0 atom stereocenters. The summed E-state index contributed by atoms with van der Waals surface area (Å²) in [6.07, 6.45) is 0. The third-order valence-electron chi connectivity index (χ3n) is 3.24. The summed E-state index contributed by atoms with van der Waals surface area (Å²) in [4.78, 5) is 1.32. The zero-order valence-electron chi connectivity index (χ0n) is 11.2. The summed E-state index contributed by atoms with van der Waals surface area (Å²) in [5.74, 6) is -1.91. The van der Waals surface area contributed by atoms with Gasteiger partial charge in [0.15, 0.2) is 0 Å². The molecule has 0 bridgehead atoms. The summed E-state index contributed by atoms with van der Waals surface area (Å²) >= 11 is 0. The van der Waals surface area contributed by atoms with Crippen LogP contribution in [0.3, 0.4) is 0 Å². The van der Waals surface area contributed by atoms with E-state index >= 15 is 0 Å². The largest absolute Gasteiger partial charge is 0.387 e. The number of sulfonamides is 1. The smallest absolute Gasteiger partial charge is 0.246 e. The third kappa shape index (κ3) is 3.55. The number of halogens is 2. The number of nitrogens with zero attached hydrogens (tertiary/aromatic N) is 2. The van der Waals surface area contributed by atoms with Gasteiger partial charge < -0.3 is 5.73 Å². The van der Waals surface area contributed by atoms with Gasteiger partial charge in [-0.2, -0.15) is 4.31 Å². The van der Waals surface area contributed by atoms with Gasteiger partial charge in [0.05, 0.1) is 6.54 Å². The van der Waals surface area contributed by atoms with Crippen LogP contribution in [0.2, 0.25) is 0 Å². The van der Waals surface area contributed by atoms with E-state index in [1.54, 1.807) is 0 Å². The number of nitrogens with two attached hydrogens (primary N) is 1. The molecular formula is C12H16F2N4O2S. The van der Waals surface area contributed by atoms with Gasteiger partial charge in [0, 0.05) is 32.2 Å². The molecule has 1 heterocycles. The Bertz CT molecular complexity index is 643. The lowest BCUT2D eigenvalue weighted by Gasteiger charge is -2.33. The van der Waals surface area contributed by atoms with Crippen molar-refractivity contribution in [3.8, 4) is 0 Å². The monoisotopic (exact) mass is 318 g/mol. The van der Waals surface area contributed by atoms with E-state index in [1.165, 1.54) is 0 Å². The van der Waals surface area contributed by atoms with Crippen molar-refractivity contribution < 1.29 is 17.2 Å². The highest BCUT2D eigenvalue weighted by Crippen LogP contribution is 2.21. The van der Waals surface area contributed by atoms with Crippen LogP contribution in [-0.4, -0.2) is 56.2 Å². The first-order chi connectivity index (χ1) is 9.80. The third-order valence-corrected chi connectivity index (χ3v) is 5.17. The van der Waals surface area contributed by atoms with Crippen molar-refractivity contribution in [2.75, 3.05) is 32.7 Å². The molecule has 1 saturated heterocycles. The molecule has 1 aliphatic heterocycles. The maximum absolute atomic E-state index is 13.6. The van der Waals surface area contributed by atoms with Gasteiger partial charge in [-0.1, -0.05) is 0 Å². The summed E-state index contributed by atoms with van der Waals surface area (Å²) in [6, 6.07) is 2.41. The standard InChI is InChI=1S/C12H16F2N4O2S/c13-9-1-2-11(10(14)7-9)21(19,20)18-5-3-17(4-6-18)8-12(15)16/h1-2,7H,3-6,8H2,(H3,15,16). The number of amidine groups is 1. The Morgan fingerprint density at radius 2 is 1.86 bits per heavy atom. The first-order valence-electron chi connectivity index (χ1n) is 6.31. The minimum absolute atomic E-state index is 0.0101. The zero-order chi connectivity index (χ0) is 15.6. The van der Waals surface area contributed by atoms with E-state index in [9.17, 15) is 17.2 Å². The molecule has 0 amide bonds. The Morgan fingerprint density at radius 3 is 2.38 bits per heavy atom. The number of piperazine rings is 1. The van der Waals surface area contributed by atoms with E-state index in [1.807, 2.05) is 4.90 Å². The molecule has 1 aromatic rings. The molecular weight excluding hydrogens is 302 g/mol. The van der Waals surface area contributed by atoms with Gasteiger partial charge >= 0.3 is 0 Å². The number of nitrogens with one attached hydrogen (secondary N) is 1. The van der Waals surface area contributed by atoms with Crippen LogP contribution in [0.25, 0.3) is 0 Å². The average molecular weight is 318 g/mol. The van der Waals surface area contributed by atoms with Crippen molar-refractivity contribution in [2.24, 2.45) is 5.73 Å². The fraction of sp³-hybridized carbons (Fsp3) is 0.417. The van der Waals surface area contributed by atoms with E-state index in [2.05, 4.69) is 0 Å². The van der Waals surface area contributed by atoms with Crippen molar-refractivity contribution in [2.45, 2.75) is 4.90 Å². The Kier molecular flexibility index (Phi) is 4.55. The molecule has 0 aromatic heterocycles. The van der Waals surface area contributed by atoms with Crippen LogP contribution in [0.4, 0.5) is 8.78 Å². The highest BCUT2D eigenvalue weighted by Gasteiger charge is 2.30. The lowest BCUT2D eigenvalue weighted by atomic mass is 10.3. The van der Waals surface area contributed by atoms with Crippen LogP contribution in [0.1, 0.15) is 0 Å². The lowest BCUT2D eigenvalue weighted by molar-refractivity contribution is 0.208. The second kappa shape index (κ2) is 6.04. The van der Waals surface area contributed by atoms with Crippen LogP contribution in [-0.2, 0) is 10.0 Å². The van der Waals surface area contributed by atoms with Gasteiger partial charge in [0.25, 0.3) is 0 Å². The molecule has 2 rings (SSSR count). The predicted octanol–water partition coefficient (Wildman–Crippen LogP) is 0.207. The fourth-order valence-electron chi connectivity index (χ4n) is 2.19. The molecule has 0 aliphatic carbocycles. The molecule has 0 radical (unpaired) electrons. The van der Waals surface area contributed by atoms with Crippen molar-refractivity contribution in [3.63, 3.8) is 0 Å². The fourth-order valence-corrected chi connectivity index (χ4v) is 3.66. The first-order valence-corrected chi connectivity index (χ1v) is 7.75. The Morgan fingerprint density at radius 1 is 1.24 bits per heavy atom. The first kappa shape index (κ1) is 15.8. The van der Waals surface area contributed by atoms with Crippen LogP contribution in [0.15, 0.2) is 23.1 Å². The molecule has 1 aromatic carbocycles. The molecule has 116 valence electrons. The zero-order valence-corrected chi connectivity index (χ0v) is 12.0. The van der Waals surface area contributed by atoms with Crippen molar-refractivity contribution in [1.29, 1.82) is 5.41 Å². The van der Waals surface area contributed by atoms with Gasteiger partial charge in [0.1, 0.15) is 22.4 Å². The van der Waals surface area contributed by atoms with Gasteiger partial charge in [0.2, 0.25) is 10.0 Å². The van der Waals surface area contributed by atoms with Gasteiger partial charge in [-0.05, 0) is 12.1 Å². The van der Waals surface area contributed by atoms with E-state index in [4.69, 9.17) is 11.1 Å². The van der Waals surface area contributed by atoms with Crippen LogP contribution in [0.5, 0.6) is 0 Å². The Balaban J connectivity index is 2.13. The second-order valence-electron chi connectivity index (χ2n) is 4.78. The number of rotatable bonds is 4. The summed E-state index contributed by atoms with van der Waals surface area (Å²) < 4.78 is 52.3. The van der Waals surface area contributed by atoms with E-state index in [-0.39, 0.29) is 25.5 Å². The highest BCUT2D eigenvalue weighted by molar-refractivity contribution is 7.89. The SMILES string of the molecule is N=C(N)CN1CCN(S(=O)(=O)c2ccc(F)cc2F)CC1. The molecule has 6 nitrogen and oxygen atoms in total. The quantitative estimate of drug-likeness (QED) is 0.613. The number of hydrogen-bond acceptors (Lipinski definition) is 4. The predicted molar refractivity (Wildman–Crippen MR) is 73.5 cm³/mol. The molecule has 3 N–H and O–H groups in total.